The second kappa shape index (κ2) is 9.05. The Morgan fingerprint density at radius 2 is 2.14 bits per heavy atom. The van der Waals surface area contributed by atoms with Crippen LogP contribution >= 0.6 is 0 Å². The normalized spacial score (nSPS) is 18.7. The number of alkyl halides is 3. The molecule has 3 rings (SSSR count). The molecule has 1 saturated heterocycles. The lowest BCUT2D eigenvalue weighted by atomic mass is 9.97. The van der Waals surface area contributed by atoms with E-state index >= 15 is 0 Å². The summed E-state index contributed by atoms with van der Waals surface area (Å²) in [5, 5.41) is 3.81. The standard InChI is InChI=1S/C20H27F3N4O/c1-15-24-19(28-25-15)14-26(2)12-17-6-4-9-27(13-17)10-8-16-5-3-7-18(11-16)20(21,22)23/h3,5,7,11,17H,4,6,8-10,12-14H2,1-2H3/t17-/m0/s1. The van der Waals surface area contributed by atoms with Crippen LogP contribution in [0, 0.1) is 12.8 Å². The number of aromatic nitrogens is 2. The van der Waals surface area contributed by atoms with Gasteiger partial charge in [-0.3, -0.25) is 4.90 Å². The van der Waals surface area contributed by atoms with Gasteiger partial charge in [0.2, 0.25) is 5.89 Å². The van der Waals surface area contributed by atoms with Crippen LogP contribution in [0.15, 0.2) is 28.8 Å². The third kappa shape index (κ3) is 6.04. The molecule has 0 N–H and O–H groups in total. The fourth-order valence-electron chi connectivity index (χ4n) is 3.83. The number of benzene rings is 1. The molecule has 1 aliphatic heterocycles. The molecular formula is C20H27F3N4O. The van der Waals surface area contributed by atoms with E-state index in [1.54, 1.807) is 13.0 Å². The molecule has 1 aliphatic rings. The summed E-state index contributed by atoms with van der Waals surface area (Å²) in [7, 11) is 2.04. The van der Waals surface area contributed by atoms with Crippen LogP contribution in [0.25, 0.3) is 0 Å². The monoisotopic (exact) mass is 396 g/mol. The van der Waals surface area contributed by atoms with Crippen LogP contribution in [-0.4, -0.2) is 53.2 Å². The molecule has 2 aromatic rings. The van der Waals surface area contributed by atoms with Crippen molar-refractivity contribution >= 4 is 0 Å². The number of likely N-dealkylation sites (tertiary alicyclic amines) is 1. The summed E-state index contributed by atoms with van der Waals surface area (Å²) in [5.41, 5.74) is 0.167. The van der Waals surface area contributed by atoms with E-state index in [0.717, 1.165) is 50.7 Å². The van der Waals surface area contributed by atoms with Crippen molar-refractivity contribution in [3.8, 4) is 0 Å². The van der Waals surface area contributed by atoms with Gasteiger partial charge in [0.15, 0.2) is 5.82 Å². The topological polar surface area (TPSA) is 45.4 Å². The van der Waals surface area contributed by atoms with Gasteiger partial charge in [-0.15, -0.1) is 0 Å². The Bertz CT molecular complexity index is 762. The SMILES string of the molecule is Cc1noc(CN(C)C[C@@H]2CCCN(CCc3cccc(C(F)(F)F)c3)C2)n1. The summed E-state index contributed by atoms with van der Waals surface area (Å²) < 4.78 is 43.8. The molecule has 1 fully saturated rings. The zero-order valence-electron chi connectivity index (χ0n) is 16.4. The molecule has 1 atom stereocenters. The van der Waals surface area contributed by atoms with Crippen LogP contribution in [0.3, 0.4) is 0 Å². The number of hydrogen-bond donors (Lipinski definition) is 0. The van der Waals surface area contributed by atoms with Crippen LogP contribution in [-0.2, 0) is 19.1 Å². The van der Waals surface area contributed by atoms with Gasteiger partial charge >= 0.3 is 6.18 Å². The van der Waals surface area contributed by atoms with E-state index < -0.39 is 11.7 Å². The molecule has 0 spiro atoms. The van der Waals surface area contributed by atoms with Crippen molar-refractivity contribution < 1.29 is 17.7 Å². The van der Waals surface area contributed by atoms with Gasteiger partial charge in [-0.2, -0.15) is 18.2 Å². The maximum absolute atomic E-state index is 12.9. The molecule has 0 amide bonds. The van der Waals surface area contributed by atoms with E-state index in [0.29, 0.717) is 30.6 Å². The van der Waals surface area contributed by atoms with E-state index in [4.69, 9.17) is 4.52 Å². The molecule has 0 radical (unpaired) electrons. The highest BCUT2D eigenvalue weighted by molar-refractivity contribution is 5.25. The summed E-state index contributed by atoms with van der Waals surface area (Å²) in [6, 6.07) is 5.66. The maximum atomic E-state index is 12.9. The summed E-state index contributed by atoms with van der Waals surface area (Å²) >= 11 is 0. The van der Waals surface area contributed by atoms with E-state index in [1.807, 2.05) is 7.05 Å². The Morgan fingerprint density at radius 1 is 1.32 bits per heavy atom. The molecule has 0 saturated carbocycles. The van der Waals surface area contributed by atoms with Crippen LogP contribution in [0.1, 0.15) is 35.7 Å². The van der Waals surface area contributed by atoms with Crippen LogP contribution in [0.2, 0.25) is 0 Å². The summed E-state index contributed by atoms with van der Waals surface area (Å²) in [6.07, 6.45) is -1.38. The maximum Gasteiger partial charge on any atom is 0.416 e. The Labute approximate surface area is 163 Å². The first-order valence-electron chi connectivity index (χ1n) is 9.66. The number of hydrogen-bond acceptors (Lipinski definition) is 5. The van der Waals surface area contributed by atoms with E-state index in [2.05, 4.69) is 19.9 Å². The smallest absolute Gasteiger partial charge is 0.338 e. The van der Waals surface area contributed by atoms with Crippen LogP contribution < -0.4 is 0 Å². The predicted octanol–water partition coefficient (Wildman–Crippen LogP) is 3.78. The first-order chi connectivity index (χ1) is 13.3. The van der Waals surface area contributed by atoms with Crippen molar-refractivity contribution in [1.82, 2.24) is 19.9 Å². The molecule has 28 heavy (non-hydrogen) atoms. The van der Waals surface area contributed by atoms with Gasteiger partial charge in [0.05, 0.1) is 12.1 Å². The van der Waals surface area contributed by atoms with Gasteiger partial charge in [-0.1, -0.05) is 23.4 Å². The first-order valence-corrected chi connectivity index (χ1v) is 9.66. The molecule has 0 unspecified atom stereocenters. The van der Waals surface area contributed by atoms with Crippen LogP contribution in [0.4, 0.5) is 13.2 Å². The van der Waals surface area contributed by atoms with Crippen molar-refractivity contribution in [3.05, 3.63) is 47.1 Å². The number of rotatable bonds is 7. The van der Waals surface area contributed by atoms with E-state index in [9.17, 15) is 13.2 Å². The van der Waals surface area contributed by atoms with Crippen molar-refractivity contribution in [3.63, 3.8) is 0 Å². The zero-order chi connectivity index (χ0) is 20.1. The minimum Gasteiger partial charge on any atom is -0.338 e. The molecule has 154 valence electrons. The number of halogens is 3. The van der Waals surface area contributed by atoms with Gasteiger partial charge in [0, 0.05) is 19.6 Å². The first kappa shape index (κ1) is 20.8. The highest BCUT2D eigenvalue weighted by Gasteiger charge is 2.30. The summed E-state index contributed by atoms with van der Waals surface area (Å²) in [6.45, 7) is 6.11. The average Bonchev–Trinajstić information content (AvgIpc) is 3.04. The van der Waals surface area contributed by atoms with Gasteiger partial charge in [-0.05, 0) is 57.3 Å². The van der Waals surface area contributed by atoms with Gasteiger partial charge in [0.25, 0.3) is 0 Å². The van der Waals surface area contributed by atoms with Crippen molar-refractivity contribution in [1.29, 1.82) is 0 Å². The molecule has 2 heterocycles. The second-order valence-corrected chi connectivity index (χ2v) is 7.69. The largest absolute Gasteiger partial charge is 0.416 e. The lowest BCUT2D eigenvalue weighted by Gasteiger charge is -2.34. The van der Waals surface area contributed by atoms with Gasteiger partial charge in [0.1, 0.15) is 0 Å². The molecular weight excluding hydrogens is 369 g/mol. The third-order valence-electron chi connectivity index (χ3n) is 5.12. The predicted molar refractivity (Wildman–Crippen MR) is 99.7 cm³/mol. The third-order valence-corrected chi connectivity index (χ3v) is 5.12. The highest BCUT2D eigenvalue weighted by Crippen LogP contribution is 2.29. The number of aryl methyl sites for hydroxylation is 1. The lowest BCUT2D eigenvalue weighted by molar-refractivity contribution is -0.137. The van der Waals surface area contributed by atoms with Crippen molar-refractivity contribution in [2.24, 2.45) is 5.92 Å². The van der Waals surface area contributed by atoms with E-state index in [-0.39, 0.29) is 0 Å². The van der Waals surface area contributed by atoms with Crippen molar-refractivity contribution in [2.45, 2.75) is 38.9 Å². The highest BCUT2D eigenvalue weighted by atomic mass is 19.4. The Balaban J connectivity index is 1.47. The minimum atomic E-state index is -4.28. The molecule has 1 aromatic carbocycles. The number of piperidine rings is 1. The summed E-state index contributed by atoms with van der Waals surface area (Å²) in [5.74, 6) is 1.79. The lowest BCUT2D eigenvalue weighted by Crippen LogP contribution is -2.40. The fraction of sp³-hybridized carbons (Fsp3) is 0.600. The quantitative estimate of drug-likeness (QED) is 0.713. The van der Waals surface area contributed by atoms with Crippen LogP contribution in [0.5, 0.6) is 0 Å². The van der Waals surface area contributed by atoms with Crippen molar-refractivity contribution in [2.75, 3.05) is 33.2 Å². The molecule has 5 nitrogen and oxygen atoms in total. The summed E-state index contributed by atoms with van der Waals surface area (Å²) in [4.78, 5) is 8.78. The second-order valence-electron chi connectivity index (χ2n) is 7.69. The molecule has 0 bridgehead atoms. The molecule has 8 heteroatoms. The minimum absolute atomic E-state index is 0.532. The molecule has 0 aliphatic carbocycles. The Morgan fingerprint density at radius 3 is 2.86 bits per heavy atom. The average molecular weight is 396 g/mol. The number of nitrogens with zero attached hydrogens (tertiary/aromatic N) is 4. The van der Waals surface area contributed by atoms with Gasteiger partial charge in [-0.25, -0.2) is 0 Å². The van der Waals surface area contributed by atoms with E-state index in [1.165, 1.54) is 12.1 Å². The molecule has 1 aromatic heterocycles. The fourth-order valence-corrected chi connectivity index (χ4v) is 3.83. The van der Waals surface area contributed by atoms with Gasteiger partial charge < -0.3 is 9.42 Å². The zero-order valence-corrected chi connectivity index (χ0v) is 16.4. The Hall–Kier alpha value is -1.93. The Kier molecular flexibility index (Phi) is 6.72.